The second kappa shape index (κ2) is 9.45. The predicted octanol–water partition coefficient (Wildman–Crippen LogP) is 4.98. The van der Waals surface area contributed by atoms with Gasteiger partial charge in [0.2, 0.25) is 0 Å². The number of nitrogens with zero attached hydrogens (tertiary/aromatic N) is 1. The summed E-state index contributed by atoms with van der Waals surface area (Å²) in [6.45, 7) is 0.597. The molecule has 0 unspecified atom stereocenters. The molecule has 0 spiro atoms. The van der Waals surface area contributed by atoms with Crippen LogP contribution in [0.5, 0.6) is 5.75 Å². The van der Waals surface area contributed by atoms with Crippen LogP contribution >= 0.6 is 0 Å². The zero-order chi connectivity index (χ0) is 21.7. The van der Waals surface area contributed by atoms with Crippen molar-refractivity contribution in [2.75, 3.05) is 20.8 Å². The van der Waals surface area contributed by atoms with Gasteiger partial charge in [0, 0.05) is 31.0 Å². The molecule has 3 aromatic rings. The average Bonchev–Trinajstić information content (AvgIpc) is 2.73. The minimum atomic E-state index is -1.03. The molecule has 0 radical (unpaired) electrons. The number of halogens is 2. The first-order valence-electron chi connectivity index (χ1n) is 9.29. The Morgan fingerprint density at radius 2 is 1.70 bits per heavy atom. The second-order valence-corrected chi connectivity index (χ2v) is 6.69. The van der Waals surface area contributed by atoms with Crippen LogP contribution in [0.1, 0.15) is 22.3 Å². The third kappa shape index (κ3) is 4.63. The zero-order valence-corrected chi connectivity index (χ0v) is 16.6. The van der Waals surface area contributed by atoms with Gasteiger partial charge in [0.25, 0.3) is 0 Å². The summed E-state index contributed by atoms with van der Waals surface area (Å²) in [6, 6.07) is 10.5. The standard InChI is InChI=1S/C23H21F2NO4/c1-29-9-3-4-14-10-18(15-5-7-16(8-6-15)23(27)28)21(26-13-14)17-11-19(24)22(30-2)20(25)12-17/h5-8,10-13H,3-4,9H2,1-2H3,(H,27,28). The minimum absolute atomic E-state index is 0.144. The number of carbonyl (C=O) groups is 1. The summed E-state index contributed by atoms with van der Waals surface area (Å²) in [7, 11) is 2.83. The van der Waals surface area contributed by atoms with Crippen molar-refractivity contribution in [3.63, 3.8) is 0 Å². The molecular weight excluding hydrogens is 392 g/mol. The largest absolute Gasteiger partial charge is 0.491 e. The van der Waals surface area contributed by atoms with E-state index in [0.717, 1.165) is 12.0 Å². The topological polar surface area (TPSA) is 68.7 Å². The van der Waals surface area contributed by atoms with E-state index in [2.05, 4.69) is 4.98 Å². The quantitative estimate of drug-likeness (QED) is 0.528. The maximum absolute atomic E-state index is 14.3. The lowest BCUT2D eigenvalue weighted by atomic mass is 9.96. The Kier molecular flexibility index (Phi) is 6.74. The first-order chi connectivity index (χ1) is 14.4. The smallest absolute Gasteiger partial charge is 0.335 e. The first-order valence-corrected chi connectivity index (χ1v) is 9.29. The molecule has 0 fully saturated rings. The molecule has 0 bridgehead atoms. The lowest BCUT2D eigenvalue weighted by Crippen LogP contribution is -1.99. The summed E-state index contributed by atoms with van der Waals surface area (Å²) in [5.41, 5.74) is 3.05. The van der Waals surface area contributed by atoms with Gasteiger partial charge in [-0.25, -0.2) is 13.6 Å². The highest BCUT2D eigenvalue weighted by Crippen LogP contribution is 2.35. The number of carboxylic acid groups (broad SMARTS) is 1. The van der Waals surface area contributed by atoms with Crippen LogP contribution in [0.25, 0.3) is 22.4 Å². The van der Waals surface area contributed by atoms with Crippen molar-refractivity contribution in [2.24, 2.45) is 0 Å². The van der Waals surface area contributed by atoms with Crippen LogP contribution in [0.3, 0.4) is 0 Å². The lowest BCUT2D eigenvalue weighted by molar-refractivity contribution is 0.0697. The van der Waals surface area contributed by atoms with Crippen LogP contribution < -0.4 is 4.74 Å². The third-order valence-electron chi connectivity index (χ3n) is 4.68. The number of hydrogen-bond acceptors (Lipinski definition) is 4. The van der Waals surface area contributed by atoms with Crippen molar-refractivity contribution in [1.29, 1.82) is 0 Å². The molecule has 1 N–H and O–H groups in total. The number of rotatable bonds is 8. The summed E-state index contributed by atoms with van der Waals surface area (Å²) in [5.74, 6) is -3.15. The van der Waals surface area contributed by atoms with Gasteiger partial charge in [-0.1, -0.05) is 12.1 Å². The summed E-state index contributed by atoms with van der Waals surface area (Å²) in [5, 5.41) is 9.13. The van der Waals surface area contributed by atoms with E-state index < -0.39 is 23.4 Å². The number of aromatic carboxylic acids is 1. The van der Waals surface area contributed by atoms with Crippen molar-refractivity contribution in [1.82, 2.24) is 4.98 Å². The van der Waals surface area contributed by atoms with Crippen LogP contribution in [-0.2, 0) is 11.2 Å². The van der Waals surface area contributed by atoms with Crippen LogP contribution in [0.4, 0.5) is 8.78 Å². The van der Waals surface area contributed by atoms with Gasteiger partial charge in [0.1, 0.15) is 0 Å². The maximum atomic E-state index is 14.3. The number of carboxylic acids is 1. The number of methoxy groups -OCH3 is 2. The first kappa shape index (κ1) is 21.4. The maximum Gasteiger partial charge on any atom is 0.335 e. The van der Waals surface area contributed by atoms with E-state index >= 15 is 0 Å². The Morgan fingerprint density at radius 1 is 1.03 bits per heavy atom. The Morgan fingerprint density at radius 3 is 2.27 bits per heavy atom. The van der Waals surface area contributed by atoms with Crippen molar-refractivity contribution in [2.45, 2.75) is 12.8 Å². The Balaban J connectivity index is 2.11. The van der Waals surface area contributed by atoms with Gasteiger partial charge in [0.15, 0.2) is 17.4 Å². The molecule has 3 rings (SSSR count). The molecule has 7 heteroatoms. The SMILES string of the molecule is COCCCc1cnc(-c2cc(F)c(OC)c(F)c2)c(-c2ccc(C(=O)O)cc2)c1. The summed E-state index contributed by atoms with van der Waals surface area (Å²) in [6.07, 6.45) is 3.17. The van der Waals surface area contributed by atoms with Gasteiger partial charge in [-0.2, -0.15) is 0 Å². The third-order valence-corrected chi connectivity index (χ3v) is 4.68. The molecule has 1 heterocycles. The Bertz CT molecular complexity index is 1030. The highest BCUT2D eigenvalue weighted by molar-refractivity contribution is 5.89. The summed E-state index contributed by atoms with van der Waals surface area (Å²) in [4.78, 5) is 15.6. The molecule has 0 saturated heterocycles. The monoisotopic (exact) mass is 413 g/mol. The Hall–Kier alpha value is -3.32. The highest BCUT2D eigenvalue weighted by Gasteiger charge is 2.17. The van der Waals surface area contributed by atoms with Crippen molar-refractivity contribution in [3.8, 4) is 28.1 Å². The molecule has 156 valence electrons. The molecule has 5 nitrogen and oxygen atoms in total. The second-order valence-electron chi connectivity index (χ2n) is 6.69. The van der Waals surface area contributed by atoms with E-state index in [4.69, 9.17) is 14.6 Å². The molecule has 0 aliphatic heterocycles. The van der Waals surface area contributed by atoms with Gasteiger partial charge < -0.3 is 14.6 Å². The molecule has 0 aliphatic carbocycles. The summed E-state index contributed by atoms with van der Waals surface area (Å²) < 4.78 is 38.4. The van der Waals surface area contributed by atoms with E-state index in [1.807, 2.05) is 6.07 Å². The zero-order valence-electron chi connectivity index (χ0n) is 16.6. The van der Waals surface area contributed by atoms with Crippen LogP contribution in [0.15, 0.2) is 48.7 Å². The van der Waals surface area contributed by atoms with Crippen LogP contribution in [0, 0.1) is 11.6 Å². The van der Waals surface area contributed by atoms with Gasteiger partial charge in [0.05, 0.1) is 18.4 Å². The molecule has 0 atom stereocenters. The van der Waals surface area contributed by atoms with Gasteiger partial charge in [-0.05, 0) is 54.3 Å². The van der Waals surface area contributed by atoms with E-state index in [9.17, 15) is 13.6 Å². The highest BCUT2D eigenvalue weighted by atomic mass is 19.1. The van der Waals surface area contributed by atoms with Crippen molar-refractivity contribution >= 4 is 5.97 Å². The fourth-order valence-corrected chi connectivity index (χ4v) is 3.20. The predicted molar refractivity (Wildman–Crippen MR) is 109 cm³/mol. The molecule has 0 amide bonds. The van der Waals surface area contributed by atoms with E-state index in [-0.39, 0.29) is 11.1 Å². The Labute approximate surface area is 172 Å². The van der Waals surface area contributed by atoms with Gasteiger partial charge in [-0.3, -0.25) is 4.98 Å². The van der Waals surface area contributed by atoms with Gasteiger partial charge >= 0.3 is 5.97 Å². The van der Waals surface area contributed by atoms with Gasteiger partial charge in [-0.15, -0.1) is 0 Å². The fourth-order valence-electron chi connectivity index (χ4n) is 3.20. The molecular formula is C23H21F2NO4. The number of aromatic nitrogens is 1. The van der Waals surface area contributed by atoms with Crippen molar-refractivity contribution < 1.29 is 28.2 Å². The van der Waals surface area contributed by atoms with Crippen LogP contribution in [-0.4, -0.2) is 36.9 Å². The lowest BCUT2D eigenvalue weighted by Gasteiger charge is -2.13. The molecule has 1 aromatic heterocycles. The average molecular weight is 413 g/mol. The molecule has 2 aromatic carbocycles. The minimum Gasteiger partial charge on any atom is -0.491 e. The molecule has 0 aliphatic rings. The summed E-state index contributed by atoms with van der Waals surface area (Å²) >= 11 is 0. The number of aryl methyl sites for hydroxylation is 1. The normalized spacial score (nSPS) is 10.8. The van der Waals surface area contributed by atoms with Crippen LogP contribution in [0.2, 0.25) is 0 Å². The molecule has 30 heavy (non-hydrogen) atoms. The number of pyridine rings is 1. The molecule has 0 saturated carbocycles. The number of benzene rings is 2. The number of hydrogen-bond donors (Lipinski definition) is 1. The van der Waals surface area contributed by atoms with E-state index in [0.29, 0.717) is 29.8 Å². The van der Waals surface area contributed by atoms with Crippen molar-refractivity contribution in [3.05, 3.63) is 71.4 Å². The van der Waals surface area contributed by atoms with E-state index in [1.54, 1.807) is 25.4 Å². The number of ether oxygens (including phenoxy) is 2. The van der Waals surface area contributed by atoms with E-state index in [1.165, 1.54) is 31.4 Å². The fraction of sp³-hybridized carbons (Fsp3) is 0.217.